The van der Waals surface area contributed by atoms with Crippen LogP contribution in [0.3, 0.4) is 0 Å². The van der Waals surface area contributed by atoms with Crippen molar-refractivity contribution in [2.45, 2.75) is 32.2 Å². The minimum Gasteiger partial charge on any atom is -0.356 e. The molecule has 0 heterocycles. The average Bonchev–Trinajstić information content (AvgIpc) is 2.10. The molecule has 0 aromatic heterocycles. The van der Waals surface area contributed by atoms with Crippen molar-refractivity contribution in [3.05, 3.63) is 0 Å². The van der Waals surface area contributed by atoms with E-state index >= 15 is 0 Å². The first-order valence-electron chi connectivity index (χ1n) is 4.94. The number of rotatable bonds is 7. The van der Waals surface area contributed by atoms with Crippen molar-refractivity contribution in [2.75, 3.05) is 20.6 Å². The summed E-state index contributed by atoms with van der Waals surface area (Å²) in [5.41, 5.74) is 0. The van der Waals surface area contributed by atoms with Crippen LogP contribution in [-0.2, 0) is 9.59 Å². The molecule has 0 fully saturated rings. The smallest absolute Gasteiger partial charge is 0.216 e. The minimum atomic E-state index is 0.00421. The number of hydrogen-bond donors (Lipinski definition) is 1. The summed E-state index contributed by atoms with van der Waals surface area (Å²) in [4.78, 5) is 23.0. The Bertz CT molecular complexity index is 181. The second-order valence-electron chi connectivity index (χ2n) is 3.65. The third kappa shape index (κ3) is 6.60. The number of hydrogen-bond acceptors (Lipinski definition) is 3. The third-order valence-corrected chi connectivity index (χ3v) is 2.12. The molecular formula is C10H20N2O2. The number of unbranched alkanes of at least 4 members (excludes halogenated alkanes) is 1. The number of nitrogens with zero attached hydrogens (tertiary/aromatic N) is 1. The first-order chi connectivity index (χ1) is 6.57. The number of carbonyl (C=O) groups excluding carboxylic acids is 2. The van der Waals surface area contributed by atoms with E-state index in [4.69, 9.17) is 0 Å². The van der Waals surface area contributed by atoms with Crippen molar-refractivity contribution in [3.63, 3.8) is 0 Å². The average molecular weight is 201 g/mol. The molecule has 0 saturated heterocycles. The fraction of sp³-hybridized carbons (Fsp3) is 0.800. The fourth-order valence-corrected chi connectivity index (χ4v) is 1.19. The number of nitrogens with one attached hydrogen (secondary N) is 1. The molecule has 82 valence electrons. The molecule has 0 saturated carbocycles. The lowest BCUT2D eigenvalue weighted by Gasteiger charge is -2.17. The summed E-state index contributed by atoms with van der Waals surface area (Å²) in [5.74, 6) is 0.00421. The molecule has 0 aromatic rings. The predicted molar refractivity (Wildman–Crippen MR) is 56.1 cm³/mol. The van der Waals surface area contributed by atoms with Crippen LogP contribution in [0.5, 0.6) is 0 Å². The van der Waals surface area contributed by atoms with Gasteiger partial charge in [0.1, 0.15) is 6.29 Å². The van der Waals surface area contributed by atoms with E-state index in [1.54, 1.807) is 0 Å². The van der Waals surface area contributed by atoms with Gasteiger partial charge in [0.05, 0.1) is 6.04 Å². The Morgan fingerprint density at radius 3 is 2.50 bits per heavy atom. The van der Waals surface area contributed by atoms with Crippen LogP contribution in [0.1, 0.15) is 26.2 Å². The molecule has 0 aromatic carbocycles. The Morgan fingerprint density at radius 2 is 2.07 bits per heavy atom. The summed E-state index contributed by atoms with van der Waals surface area (Å²) in [5, 5.41) is 2.73. The third-order valence-electron chi connectivity index (χ3n) is 2.12. The number of carbonyl (C=O) groups is 2. The first kappa shape index (κ1) is 13.1. The second kappa shape index (κ2) is 7.50. The highest BCUT2D eigenvalue weighted by Gasteiger charge is 2.08. The summed E-state index contributed by atoms with van der Waals surface area (Å²) in [6, 6.07) is 0.00679. The molecule has 4 nitrogen and oxygen atoms in total. The van der Waals surface area contributed by atoms with E-state index in [2.05, 4.69) is 5.32 Å². The van der Waals surface area contributed by atoms with Crippen molar-refractivity contribution in [1.29, 1.82) is 0 Å². The molecule has 0 aliphatic carbocycles. The number of likely N-dealkylation sites (N-methyl/N-ethyl adjacent to an activating group) is 1. The Kier molecular flexibility index (Phi) is 7.02. The SMILES string of the molecule is CN(C)C(C=O)CCCCNC([13CH3])=O. The zero-order valence-electron chi connectivity index (χ0n) is 9.25. The van der Waals surface area contributed by atoms with Crippen LogP contribution in [0.2, 0.25) is 0 Å². The van der Waals surface area contributed by atoms with Crippen molar-refractivity contribution < 1.29 is 9.59 Å². The zero-order valence-corrected chi connectivity index (χ0v) is 9.25. The van der Waals surface area contributed by atoms with Gasteiger partial charge in [0.15, 0.2) is 0 Å². The molecule has 1 atom stereocenters. The Balaban J connectivity index is 3.42. The van der Waals surface area contributed by atoms with Gasteiger partial charge in [-0.15, -0.1) is 0 Å². The molecule has 4 heteroatoms. The summed E-state index contributed by atoms with van der Waals surface area (Å²) in [6.07, 6.45) is 3.72. The number of aldehydes is 1. The Morgan fingerprint density at radius 1 is 1.43 bits per heavy atom. The maximum Gasteiger partial charge on any atom is 0.216 e. The highest BCUT2D eigenvalue weighted by molar-refractivity contribution is 5.72. The highest BCUT2D eigenvalue weighted by atomic mass is 16.2. The molecular weight excluding hydrogens is 181 g/mol. The zero-order chi connectivity index (χ0) is 11.0. The van der Waals surface area contributed by atoms with Gasteiger partial charge in [-0.3, -0.25) is 4.79 Å². The van der Waals surface area contributed by atoms with E-state index in [0.717, 1.165) is 25.5 Å². The lowest BCUT2D eigenvalue weighted by molar-refractivity contribution is -0.119. The number of amides is 1. The summed E-state index contributed by atoms with van der Waals surface area (Å²) >= 11 is 0. The summed E-state index contributed by atoms with van der Waals surface area (Å²) in [7, 11) is 3.79. The molecule has 0 spiro atoms. The van der Waals surface area contributed by atoms with Gasteiger partial charge in [0.25, 0.3) is 0 Å². The van der Waals surface area contributed by atoms with Crippen molar-refractivity contribution in [2.24, 2.45) is 0 Å². The molecule has 1 amide bonds. The van der Waals surface area contributed by atoms with Crippen molar-refractivity contribution in [1.82, 2.24) is 10.2 Å². The topological polar surface area (TPSA) is 49.4 Å². The largest absolute Gasteiger partial charge is 0.356 e. The van der Waals surface area contributed by atoms with Gasteiger partial charge < -0.3 is 15.0 Å². The van der Waals surface area contributed by atoms with Crippen LogP contribution in [-0.4, -0.2) is 43.8 Å². The standard InChI is InChI=1S/C10H20N2O2/c1-9(14)11-7-5-4-6-10(8-13)12(2)3/h8,10H,4-7H2,1-3H3,(H,11,14)/i1+1. The van der Waals surface area contributed by atoms with Crippen molar-refractivity contribution in [3.8, 4) is 0 Å². The van der Waals surface area contributed by atoms with E-state index in [1.165, 1.54) is 6.92 Å². The van der Waals surface area contributed by atoms with Gasteiger partial charge >= 0.3 is 0 Å². The molecule has 1 unspecified atom stereocenters. The van der Waals surface area contributed by atoms with Gasteiger partial charge in [-0.25, -0.2) is 0 Å². The fourth-order valence-electron chi connectivity index (χ4n) is 1.19. The maximum absolute atomic E-state index is 10.6. The predicted octanol–water partition coefficient (Wildman–Crippen LogP) is 0.422. The molecule has 1 N–H and O–H groups in total. The van der Waals surface area contributed by atoms with E-state index in [1.807, 2.05) is 19.0 Å². The van der Waals surface area contributed by atoms with E-state index in [-0.39, 0.29) is 11.9 Å². The Hall–Kier alpha value is -0.900. The highest BCUT2D eigenvalue weighted by Crippen LogP contribution is 2.02. The summed E-state index contributed by atoms with van der Waals surface area (Å²) in [6.45, 7) is 2.21. The van der Waals surface area contributed by atoms with Crippen LogP contribution in [0.25, 0.3) is 0 Å². The second-order valence-corrected chi connectivity index (χ2v) is 3.65. The molecule has 0 bridgehead atoms. The van der Waals surface area contributed by atoms with E-state index in [9.17, 15) is 9.59 Å². The Labute approximate surface area is 85.7 Å². The van der Waals surface area contributed by atoms with Gasteiger partial charge in [-0.1, -0.05) is 0 Å². The molecule has 0 aliphatic rings. The van der Waals surface area contributed by atoms with Gasteiger partial charge in [0.2, 0.25) is 5.91 Å². The van der Waals surface area contributed by atoms with Crippen molar-refractivity contribution >= 4 is 12.2 Å². The van der Waals surface area contributed by atoms with Gasteiger partial charge in [0, 0.05) is 13.5 Å². The first-order valence-corrected chi connectivity index (χ1v) is 4.94. The maximum atomic E-state index is 10.6. The van der Waals surface area contributed by atoms with E-state index in [0.29, 0.717) is 6.54 Å². The van der Waals surface area contributed by atoms with Crippen LogP contribution in [0, 0.1) is 0 Å². The minimum absolute atomic E-state index is 0.00421. The quantitative estimate of drug-likeness (QED) is 0.369. The van der Waals surface area contributed by atoms with Crippen LogP contribution in [0.15, 0.2) is 0 Å². The molecule has 0 rings (SSSR count). The lowest BCUT2D eigenvalue weighted by atomic mass is 10.1. The lowest BCUT2D eigenvalue weighted by Crippen LogP contribution is -2.29. The summed E-state index contributed by atoms with van der Waals surface area (Å²) < 4.78 is 0. The molecule has 0 radical (unpaired) electrons. The molecule has 0 aliphatic heterocycles. The monoisotopic (exact) mass is 201 g/mol. The van der Waals surface area contributed by atoms with E-state index < -0.39 is 0 Å². The van der Waals surface area contributed by atoms with Gasteiger partial charge in [-0.2, -0.15) is 0 Å². The van der Waals surface area contributed by atoms with Crippen LogP contribution >= 0.6 is 0 Å². The van der Waals surface area contributed by atoms with Gasteiger partial charge in [-0.05, 0) is 33.4 Å². The van der Waals surface area contributed by atoms with Crippen LogP contribution in [0.4, 0.5) is 0 Å². The van der Waals surface area contributed by atoms with Crippen LogP contribution < -0.4 is 5.32 Å². The normalized spacial score (nSPS) is 12.6. The molecule has 14 heavy (non-hydrogen) atoms.